The third kappa shape index (κ3) is 3.81. The van der Waals surface area contributed by atoms with E-state index in [0.29, 0.717) is 17.7 Å². The molecule has 0 aromatic heterocycles. The van der Waals surface area contributed by atoms with E-state index in [1.807, 2.05) is 20.8 Å². The standard InChI is InChI=1S/C19H27N3O4/c1-5-7-13(3)20-16(23)12-22-17(24)19(6-2,21-18(22)25)14-8-10-15(26-4)11-9-14/h8-11,13H,5-7,12H2,1-4H3,(H,20,23)(H,21,25)/t13-,19-/m0/s1. The first-order valence-corrected chi connectivity index (χ1v) is 8.96. The molecule has 1 aromatic rings. The summed E-state index contributed by atoms with van der Waals surface area (Å²) in [4.78, 5) is 38.6. The number of urea groups is 1. The van der Waals surface area contributed by atoms with Crippen LogP contribution in [0.4, 0.5) is 4.79 Å². The summed E-state index contributed by atoms with van der Waals surface area (Å²) in [5, 5.41) is 5.59. The average Bonchev–Trinajstić information content (AvgIpc) is 2.87. The molecular formula is C19H27N3O4. The molecular weight excluding hydrogens is 334 g/mol. The molecule has 0 unspecified atom stereocenters. The van der Waals surface area contributed by atoms with Crippen molar-refractivity contribution in [2.45, 2.75) is 51.6 Å². The Morgan fingerprint density at radius 1 is 1.27 bits per heavy atom. The number of hydrogen-bond acceptors (Lipinski definition) is 4. The zero-order valence-electron chi connectivity index (χ0n) is 15.8. The van der Waals surface area contributed by atoms with Gasteiger partial charge in [-0.2, -0.15) is 0 Å². The zero-order valence-corrected chi connectivity index (χ0v) is 15.8. The van der Waals surface area contributed by atoms with E-state index in [2.05, 4.69) is 10.6 Å². The predicted octanol–water partition coefficient (Wildman–Crippen LogP) is 2.16. The Kier molecular flexibility index (Phi) is 6.23. The first-order chi connectivity index (χ1) is 12.4. The number of amides is 4. The fourth-order valence-electron chi connectivity index (χ4n) is 3.25. The fourth-order valence-corrected chi connectivity index (χ4v) is 3.25. The maximum atomic E-state index is 13.0. The molecule has 1 fully saturated rings. The molecule has 26 heavy (non-hydrogen) atoms. The summed E-state index contributed by atoms with van der Waals surface area (Å²) >= 11 is 0. The second-order valence-corrected chi connectivity index (χ2v) is 6.57. The van der Waals surface area contributed by atoms with Crippen molar-refractivity contribution >= 4 is 17.8 Å². The lowest BCUT2D eigenvalue weighted by atomic mass is 9.87. The highest BCUT2D eigenvalue weighted by Crippen LogP contribution is 2.33. The number of imide groups is 1. The molecule has 1 aliphatic rings. The van der Waals surface area contributed by atoms with E-state index >= 15 is 0 Å². The molecule has 2 N–H and O–H groups in total. The van der Waals surface area contributed by atoms with Crippen LogP contribution in [0.2, 0.25) is 0 Å². The summed E-state index contributed by atoms with van der Waals surface area (Å²) in [5.41, 5.74) is -0.486. The first kappa shape index (κ1) is 19.8. The number of benzene rings is 1. The average molecular weight is 361 g/mol. The molecule has 7 nitrogen and oxygen atoms in total. The van der Waals surface area contributed by atoms with E-state index in [9.17, 15) is 14.4 Å². The fraction of sp³-hybridized carbons (Fsp3) is 0.526. The minimum atomic E-state index is -1.15. The number of carbonyl (C=O) groups excluding carboxylic acids is 3. The van der Waals surface area contributed by atoms with E-state index in [0.717, 1.165) is 17.7 Å². The number of rotatable bonds is 8. The van der Waals surface area contributed by atoms with E-state index < -0.39 is 17.5 Å². The minimum absolute atomic E-state index is 0.00536. The molecule has 0 radical (unpaired) electrons. The Morgan fingerprint density at radius 3 is 2.46 bits per heavy atom. The van der Waals surface area contributed by atoms with Crippen molar-refractivity contribution in [1.29, 1.82) is 0 Å². The van der Waals surface area contributed by atoms with E-state index in [4.69, 9.17) is 4.74 Å². The van der Waals surface area contributed by atoms with Crippen LogP contribution in [-0.2, 0) is 15.1 Å². The molecule has 1 heterocycles. The molecule has 0 saturated carbocycles. The van der Waals surface area contributed by atoms with Crippen LogP contribution in [0.15, 0.2) is 24.3 Å². The Bertz CT molecular complexity index is 674. The van der Waals surface area contributed by atoms with Gasteiger partial charge in [-0.15, -0.1) is 0 Å². The number of methoxy groups -OCH3 is 1. The summed E-state index contributed by atoms with van der Waals surface area (Å²) < 4.78 is 5.14. The van der Waals surface area contributed by atoms with Crippen LogP contribution >= 0.6 is 0 Å². The van der Waals surface area contributed by atoms with Gasteiger partial charge in [0.25, 0.3) is 5.91 Å². The highest BCUT2D eigenvalue weighted by Gasteiger charge is 2.51. The molecule has 0 spiro atoms. The number of ether oxygens (including phenoxy) is 1. The monoisotopic (exact) mass is 361 g/mol. The van der Waals surface area contributed by atoms with E-state index in [1.165, 1.54) is 0 Å². The van der Waals surface area contributed by atoms with Gasteiger partial charge in [0.2, 0.25) is 5.91 Å². The SMILES string of the molecule is CCC[C@H](C)NC(=O)CN1C(=O)N[C@@](CC)(c2ccc(OC)cc2)C1=O. The van der Waals surface area contributed by atoms with Crippen LogP contribution < -0.4 is 15.4 Å². The zero-order chi connectivity index (χ0) is 19.3. The predicted molar refractivity (Wildman–Crippen MR) is 97.7 cm³/mol. The van der Waals surface area contributed by atoms with Crippen LogP contribution in [0, 0.1) is 0 Å². The maximum absolute atomic E-state index is 13.0. The van der Waals surface area contributed by atoms with Gasteiger partial charge in [-0.1, -0.05) is 32.4 Å². The van der Waals surface area contributed by atoms with Gasteiger partial charge in [0.1, 0.15) is 17.8 Å². The molecule has 0 bridgehead atoms. The van der Waals surface area contributed by atoms with Crippen LogP contribution in [-0.4, -0.2) is 42.4 Å². The summed E-state index contributed by atoms with van der Waals surface area (Å²) in [5.74, 6) is -0.0810. The molecule has 1 aromatic carbocycles. The molecule has 1 saturated heterocycles. The first-order valence-electron chi connectivity index (χ1n) is 8.96. The lowest BCUT2D eigenvalue weighted by molar-refractivity contribution is -0.135. The Hall–Kier alpha value is -2.57. The van der Waals surface area contributed by atoms with Gasteiger partial charge in [0.15, 0.2) is 0 Å². The van der Waals surface area contributed by atoms with Gasteiger partial charge < -0.3 is 15.4 Å². The van der Waals surface area contributed by atoms with Crippen molar-refractivity contribution in [3.8, 4) is 5.75 Å². The smallest absolute Gasteiger partial charge is 0.325 e. The van der Waals surface area contributed by atoms with E-state index in [1.54, 1.807) is 31.4 Å². The second kappa shape index (κ2) is 8.21. The normalized spacial score (nSPS) is 20.7. The van der Waals surface area contributed by atoms with Crippen molar-refractivity contribution < 1.29 is 19.1 Å². The second-order valence-electron chi connectivity index (χ2n) is 6.57. The largest absolute Gasteiger partial charge is 0.497 e. The van der Waals surface area contributed by atoms with Crippen molar-refractivity contribution in [3.63, 3.8) is 0 Å². The number of hydrogen-bond donors (Lipinski definition) is 2. The van der Waals surface area contributed by atoms with Crippen molar-refractivity contribution in [3.05, 3.63) is 29.8 Å². The highest BCUT2D eigenvalue weighted by atomic mass is 16.5. The van der Waals surface area contributed by atoms with E-state index in [-0.39, 0.29) is 18.5 Å². The number of nitrogens with zero attached hydrogens (tertiary/aromatic N) is 1. The summed E-state index contributed by atoms with van der Waals surface area (Å²) in [6.45, 7) is 5.48. The number of carbonyl (C=O) groups is 3. The minimum Gasteiger partial charge on any atom is -0.497 e. The van der Waals surface area contributed by atoms with Crippen molar-refractivity contribution in [1.82, 2.24) is 15.5 Å². The highest BCUT2D eigenvalue weighted by molar-refractivity contribution is 6.09. The quantitative estimate of drug-likeness (QED) is 0.695. The van der Waals surface area contributed by atoms with Gasteiger partial charge in [0, 0.05) is 6.04 Å². The van der Waals surface area contributed by atoms with Gasteiger partial charge in [-0.3, -0.25) is 14.5 Å². The van der Waals surface area contributed by atoms with Gasteiger partial charge >= 0.3 is 6.03 Å². The van der Waals surface area contributed by atoms with Crippen LogP contribution in [0.25, 0.3) is 0 Å². The Labute approximate surface area is 154 Å². The van der Waals surface area contributed by atoms with Crippen molar-refractivity contribution in [2.24, 2.45) is 0 Å². The molecule has 2 atom stereocenters. The molecule has 2 rings (SSSR count). The molecule has 142 valence electrons. The lowest BCUT2D eigenvalue weighted by Gasteiger charge is -2.26. The summed E-state index contributed by atoms with van der Waals surface area (Å²) in [7, 11) is 1.56. The van der Waals surface area contributed by atoms with Crippen molar-refractivity contribution in [2.75, 3.05) is 13.7 Å². The van der Waals surface area contributed by atoms with Crippen LogP contribution in [0.3, 0.4) is 0 Å². The van der Waals surface area contributed by atoms with Gasteiger partial charge in [-0.05, 0) is 37.5 Å². The van der Waals surface area contributed by atoms with Gasteiger partial charge in [0.05, 0.1) is 7.11 Å². The Balaban J connectivity index is 2.18. The van der Waals surface area contributed by atoms with Crippen LogP contribution in [0.1, 0.15) is 45.6 Å². The molecule has 1 aliphatic heterocycles. The molecule has 0 aliphatic carbocycles. The third-order valence-corrected chi connectivity index (χ3v) is 4.72. The number of nitrogens with one attached hydrogen (secondary N) is 2. The third-order valence-electron chi connectivity index (χ3n) is 4.72. The molecule has 4 amide bonds. The van der Waals surface area contributed by atoms with Crippen LogP contribution in [0.5, 0.6) is 5.75 Å². The lowest BCUT2D eigenvalue weighted by Crippen LogP contribution is -2.45. The maximum Gasteiger partial charge on any atom is 0.325 e. The summed E-state index contributed by atoms with van der Waals surface area (Å²) in [6, 6.07) is 6.46. The topological polar surface area (TPSA) is 87.7 Å². The Morgan fingerprint density at radius 2 is 1.92 bits per heavy atom. The summed E-state index contributed by atoms with van der Waals surface area (Å²) in [6.07, 6.45) is 2.17. The van der Waals surface area contributed by atoms with Gasteiger partial charge in [-0.25, -0.2) is 4.79 Å². The molecule has 7 heteroatoms.